The highest BCUT2D eigenvalue weighted by Gasteiger charge is 2.42. The number of hydrogen-bond acceptors (Lipinski definition) is 4. The first-order chi connectivity index (χ1) is 10.4. The number of allylic oxidation sites excluding steroid dienone is 2. The third kappa shape index (κ3) is 4.47. The summed E-state index contributed by atoms with van der Waals surface area (Å²) in [4.78, 5) is 14.9. The van der Waals surface area contributed by atoms with Crippen LogP contribution in [0.2, 0.25) is 0 Å². The number of carbonyl (C=O) groups is 1. The second-order valence-corrected chi connectivity index (χ2v) is 7.56. The second-order valence-electron chi connectivity index (χ2n) is 7.56. The monoisotopic (exact) mass is 321 g/mol. The molecular weight excluding hydrogens is 296 g/mol. The van der Waals surface area contributed by atoms with Gasteiger partial charge in [-0.2, -0.15) is 4.90 Å². The lowest BCUT2D eigenvalue weighted by Gasteiger charge is -2.28. The molecule has 0 saturated heterocycles. The maximum atomic E-state index is 12.1. The first-order valence-corrected chi connectivity index (χ1v) is 7.70. The van der Waals surface area contributed by atoms with Gasteiger partial charge in [0.1, 0.15) is 12.0 Å². The van der Waals surface area contributed by atoms with E-state index >= 15 is 0 Å². The molecule has 2 atom stereocenters. The quantitative estimate of drug-likeness (QED) is 0.261. The predicted molar refractivity (Wildman–Crippen MR) is 88.5 cm³/mol. The van der Waals surface area contributed by atoms with Gasteiger partial charge in [-0.3, -0.25) is 0 Å². The van der Waals surface area contributed by atoms with Crippen LogP contribution in [0.25, 0.3) is 4.85 Å². The van der Waals surface area contributed by atoms with Gasteiger partial charge in [0.2, 0.25) is 5.71 Å². The standard InChI is InChI=1S/C17H25N2O4/c1-11-8-9-12(17(11,5)6)14(19(21)22)10-13(18-7)15(20)23-16(2,3)4/h9,11,13H,8,10H2,1-6H3/q-1/t11-,13?/m1/s1. The van der Waals surface area contributed by atoms with Gasteiger partial charge in [0.25, 0.3) is 0 Å². The zero-order chi connectivity index (χ0) is 18.0. The fourth-order valence-electron chi connectivity index (χ4n) is 2.62. The maximum Gasteiger partial charge on any atom is 0.391 e. The highest BCUT2D eigenvalue weighted by Crippen LogP contribution is 2.44. The third-order valence-electron chi connectivity index (χ3n) is 4.35. The van der Waals surface area contributed by atoms with Gasteiger partial charge in [-0.15, -0.1) is 0 Å². The van der Waals surface area contributed by atoms with Gasteiger partial charge in [-0.1, -0.05) is 26.8 Å². The lowest BCUT2D eigenvalue weighted by molar-refractivity contribution is -0.380. The minimum Gasteiger partial charge on any atom is -0.612 e. The van der Waals surface area contributed by atoms with Gasteiger partial charge in [0.15, 0.2) is 0 Å². The van der Waals surface area contributed by atoms with Gasteiger partial charge in [0.05, 0.1) is 0 Å². The lowest BCUT2D eigenvalue weighted by atomic mass is 9.76. The summed E-state index contributed by atoms with van der Waals surface area (Å²) < 4.78 is 5.20. The molecule has 1 rings (SSSR count). The van der Waals surface area contributed by atoms with Crippen molar-refractivity contribution in [2.24, 2.45) is 11.3 Å². The highest BCUT2D eigenvalue weighted by molar-refractivity contribution is 6.01. The van der Waals surface area contributed by atoms with Crippen LogP contribution in [0.5, 0.6) is 0 Å². The van der Waals surface area contributed by atoms with E-state index in [9.17, 15) is 15.2 Å². The summed E-state index contributed by atoms with van der Waals surface area (Å²) >= 11 is 0. The van der Waals surface area contributed by atoms with Crippen LogP contribution in [0.1, 0.15) is 54.4 Å². The molecule has 0 aromatic carbocycles. The molecule has 0 aromatic heterocycles. The Morgan fingerprint density at radius 1 is 1.52 bits per heavy atom. The SMILES string of the molecule is [C-]#[N+]C(CC(C1=CC[C@@H](C)C1(C)C)=[N+]([O-])[O-])C(=O)OC(C)(C)C. The smallest absolute Gasteiger partial charge is 0.391 e. The molecule has 0 aliphatic heterocycles. The molecule has 23 heavy (non-hydrogen) atoms. The van der Waals surface area contributed by atoms with Gasteiger partial charge in [-0.05, 0) is 38.5 Å². The van der Waals surface area contributed by atoms with E-state index in [0.717, 1.165) is 6.42 Å². The van der Waals surface area contributed by atoms with Crippen molar-refractivity contribution < 1.29 is 14.4 Å². The Morgan fingerprint density at radius 2 is 2.09 bits per heavy atom. The topological polar surface area (TPSA) is 79.8 Å². The zero-order valence-corrected chi connectivity index (χ0v) is 14.7. The van der Waals surface area contributed by atoms with Gasteiger partial charge >= 0.3 is 12.0 Å². The Labute approximate surface area is 137 Å². The molecule has 0 spiro atoms. The van der Waals surface area contributed by atoms with Crippen LogP contribution in [-0.4, -0.2) is 28.2 Å². The average molecular weight is 321 g/mol. The van der Waals surface area contributed by atoms with Crippen molar-refractivity contribution in [1.82, 2.24) is 0 Å². The van der Waals surface area contributed by atoms with Gasteiger partial charge < -0.3 is 20.0 Å². The Bertz CT molecular complexity index is 572. The van der Waals surface area contributed by atoms with Crippen molar-refractivity contribution in [3.05, 3.63) is 33.5 Å². The van der Waals surface area contributed by atoms with Crippen molar-refractivity contribution in [3.8, 4) is 0 Å². The Kier molecular flexibility index (Phi) is 5.47. The fraction of sp³-hybridized carbons (Fsp3) is 0.706. The molecule has 0 fully saturated rings. The fourth-order valence-corrected chi connectivity index (χ4v) is 2.62. The number of rotatable bonds is 4. The van der Waals surface area contributed by atoms with Crippen LogP contribution < -0.4 is 0 Å². The number of carbonyl (C=O) groups excluding carboxylic acids is 1. The first-order valence-electron chi connectivity index (χ1n) is 7.70. The molecule has 0 heterocycles. The van der Waals surface area contributed by atoms with Crippen molar-refractivity contribution in [1.29, 1.82) is 0 Å². The molecule has 6 heteroatoms. The van der Waals surface area contributed by atoms with E-state index in [0.29, 0.717) is 5.57 Å². The van der Waals surface area contributed by atoms with Crippen LogP contribution >= 0.6 is 0 Å². The molecule has 0 radical (unpaired) electrons. The van der Waals surface area contributed by atoms with Crippen LogP contribution in [-0.2, 0) is 9.53 Å². The summed E-state index contributed by atoms with van der Waals surface area (Å²) in [5.74, 6) is -0.434. The van der Waals surface area contributed by atoms with E-state index in [1.165, 1.54) is 0 Å². The molecule has 0 aromatic rings. The lowest BCUT2D eigenvalue weighted by Crippen LogP contribution is -2.34. The van der Waals surface area contributed by atoms with E-state index in [4.69, 9.17) is 11.3 Å². The van der Waals surface area contributed by atoms with Crippen molar-refractivity contribution in [3.63, 3.8) is 0 Å². The minimum absolute atomic E-state index is 0.0498. The molecule has 0 bridgehead atoms. The molecule has 128 valence electrons. The van der Waals surface area contributed by atoms with E-state index in [-0.39, 0.29) is 23.5 Å². The van der Waals surface area contributed by atoms with E-state index < -0.39 is 22.5 Å². The summed E-state index contributed by atoms with van der Waals surface area (Å²) in [6, 6.07) is -1.19. The van der Waals surface area contributed by atoms with E-state index in [1.54, 1.807) is 20.8 Å². The average Bonchev–Trinajstić information content (AvgIpc) is 2.63. The Morgan fingerprint density at radius 3 is 2.43 bits per heavy atom. The van der Waals surface area contributed by atoms with Crippen LogP contribution in [0.4, 0.5) is 0 Å². The first kappa shape index (κ1) is 19.0. The van der Waals surface area contributed by atoms with E-state index in [1.807, 2.05) is 26.8 Å². The van der Waals surface area contributed by atoms with Crippen LogP contribution in [0, 0.1) is 28.3 Å². The summed E-state index contributed by atoms with van der Waals surface area (Å²) in [6.45, 7) is 18.3. The molecule has 0 amide bonds. The molecule has 1 aliphatic rings. The highest BCUT2D eigenvalue weighted by atomic mass is 16.8. The minimum atomic E-state index is -1.19. The zero-order valence-electron chi connectivity index (χ0n) is 14.7. The Balaban J connectivity index is 3.04. The predicted octanol–water partition coefficient (Wildman–Crippen LogP) is 3.45. The maximum absolute atomic E-state index is 12.1. The van der Waals surface area contributed by atoms with E-state index in [2.05, 4.69) is 4.85 Å². The third-order valence-corrected chi connectivity index (χ3v) is 4.35. The largest absolute Gasteiger partial charge is 0.612 e. The summed E-state index contributed by atoms with van der Waals surface area (Å²) in [7, 11) is 0. The number of hydrogen-bond donors (Lipinski definition) is 0. The summed E-state index contributed by atoms with van der Waals surface area (Å²) in [6.07, 6.45) is 2.39. The summed E-state index contributed by atoms with van der Waals surface area (Å²) in [5, 5.41) is 23.0. The molecule has 0 N–H and O–H groups in total. The molecular formula is C17H25N2O4-. The van der Waals surface area contributed by atoms with Gasteiger partial charge in [0, 0.05) is 5.57 Å². The van der Waals surface area contributed by atoms with Crippen molar-refractivity contribution in [2.75, 3.05) is 0 Å². The molecule has 0 saturated carbocycles. The Hall–Kier alpha value is -2.03. The van der Waals surface area contributed by atoms with Crippen LogP contribution in [0.3, 0.4) is 0 Å². The molecule has 1 unspecified atom stereocenters. The number of esters is 1. The van der Waals surface area contributed by atoms with Crippen molar-refractivity contribution >= 4 is 11.7 Å². The normalized spacial score (nSPS) is 21.1. The van der Waals surface area contributed by atoms with Crippen LogP contribution in [0.15, 0.2) is 11.6 Å². The summed E-state index contributed by atoms with van der Waals surface area (Å²) in [5.41, 5.74) is -0.489. The number of nitrogens with zero attached hydrogens (tertiary/aromatic N) is 2. The molecule has 1 aliphatic carbocycles. The second kappa shape index (κ2) is 6.61. The number of ether oxygens (including phenoxy) is 1. The van der Waals surface area contributed by atoms with Crippen molar-refractivity contribution in [2.45, 2.75) is 66.0 Å². The van der Waals surface area contributed by atoms with Gasteiger partial charge in [-0.25, -0.2) is 11.4 Å². The molecule has 6 nitrogen and oxygen atoms in total.